The van der Waals surface area contributed by atoms with Gasteiger partial charge < -0.3 is 16.0 Å². The Morgan fingerprint density at radius 3 is 1.38 bits per heavy atom. The van der Waals surface area contributed by atoms with E-state index in [1.807, 2.05) is 55.4 Å². The van der Waals surface area contributed by atoms with Gasteiger partial charge in [0.25, 0.3) is 0 Å². The summed E-state index contributed by atoms with van der Waals surface area (Å²) in [6.07, 6.45) is 2.40. The number of hydrogen-bond acceptors (Lipinski definition) is 4. The monoisotopic (exact) mass is 349 g/mol. The van der Waals surface area contributed by atoms with E-state index in [1.54, 1.807) is 0 Å². The van der Waals surface area contributed by atoms with Gasteiger partial charge in [-0.05, 0) is 55.4 Å². The summed E-state index contributed by atoms with van der Waals surface area (Å²) in [5.74, 6) is 0.311. The summed E-state index contributed by atoms with van der Waals surface area (Å²) in [6, 6.07) is 0. The molecular weight excluding hydrogens is 314 g/mol. The molecule has 135 valence electrons. The van der Waals surface area contributed by atoms with Crippen molar-refractivity contribution in [1.82, 2.24) is 0 Å². The Bertz CT molecular complexity index is 391. The van der Waals surface area contributed by atoms with E-state index in [1.165, 1.54) is 0 Å². The number of ether oxygens (including phenoxy) is 2. The fraction of sp³-hybridized carbons (Fsp3) is 0.944. The molecule has 0 amide bonds. The summed E-state index contributed by atoms with van der Waals surface area (Å²) in [7, 11) is 0. The van der Waals surface area contributed by atoms with Gasteiger partial charge in [-0.25, -0.2) is 0 Å². The second-order valence-electron chi connectivity index (χ2n) is 9.20. The van der Waals surface area contributed by atoms with E-state index in [2.05, 4.69) is 0 Å². The van der Waals surface area contributed by atoms with Crippen LogP contribution in [0.3, 0.4) is 0 Å². The average Bonchev–Trinajstić information content (AvgIpc) is 2.03. The standard InChI is InChI=1S/C9H18O2.C9H16O2.B.Na.H/c2*1-8(2)5-7(10)6-9(3,4)11-8;;;/h7,10H,5-6H2,1-4H3;5-6H2,1-4H3;;;/q;;;+1;-1. The van der Waals surface area contributed by atoms with E-state index in [0.717, 1.165) is 12.8 Å². The van der Waals surface area contributed by atoms with Crippen molar-refractivity contribution in [3.63, 3.8) is 0 Å². The zero-order chi connectivity index (χ0) is 17.4. The van der Waals surface area contributed by atoms with Gasteiger partial charge in [-0.2, -0.15) is 0 Å². The predicted octanol–water partition coefficient (Wildman–Crippen LogP) is 0.374. The number of hydrogen-bond donors (Lipinski definition) is 1. The number of Topliss-reactive ketones (excluding diaryl/α,β-unsaturated/α-hetero) is 1. The maximum absolute atomic E-state index is 11.2. The molecule has 2 fully saturated rings. The van der Waals surface area contributed by atoms with Crippen molar-refractivity contribution in [3.05, 3.63) is 0 Å². The molecule has 0 aliphatic carbocycles. The fourth-order valence-electron chi connectivity index (χ4n) is 3.87. The third-order valence-electron chi connectivity index (χ3n) is 3.81. The Balaban J connectivity index is -0.000000346. The van der Waals surface area contributed by atoms with Crippen LogP contribution in [0.1, 0.15) is 82.5 Å². The molecule has 0 aromatic rings. The molecule has 2 aliphatic heterocycles. The first kappa shape index (κ1) is 26.8. The third-order valence-corrected chi connectivity index (χ3v) is 3.81. The van der Waals surface area contributed by atoms with Crippen molar-refractivity contribution >= 4 is 14.2 Å². The average molecular weight is 349 g/mol. The molecule has 0 bridgehead atoms. The van der Waals surface area contributed by atoms with E-state index in [0.29, 0.717) is 18.6 Å². The molecule has 0 atom stereocenters. The van der Waals surface area contributed by atoms with Gasteiger partial charge in [0.2, 0.25) is 0 Å². The van der Waals surface area contributed by atoms with E-state index < -0.39 is 0 Å². The second kappa shape index (κ2) is 9.01. The van der Waals surface area contributed by atoms with Gasteiger partial charge in [-0.1, -0.05) is 0 Å². The van der Waals surface area contributed by atoms with Crippen molar-refractivity contribution in [2.24, 2.45) is 0 Å². The maximum Gasteiger partial charge on any atom is 1.00 e. The van der Waals surface area contributed by atoms with Gasteiger partial charge in [0.05, 0.1) is 28.5 Å². The molecule has 24 heavy (non-hydrogen) atoms. The van der Waals surface area contributed by atoms with Crippen LogP contribution in [-0.2, 0) is 14.3 Å². The Kier molecular flexibility index (Phi) is 10.1. The van der Waals surface area contributed by atoms with E-state index in [9.17, 15) is 9.90 Å². The summed E-state index contributed by atoms with van der Waals surface area (Å²) >= 11 is 0. The molecule has 2 aliphatic rings. The van der Waals surface area contributed by atoms with Gasteiger partial charge >= 0.3 is 29.6 Å². The summed E-state index contributed by atoms with van der Waals surface area (Å²) < 4.78 is 11.5. The van der Waals surface area contributed by atoms with Crippen LogP contribution in [0.2, 0.25) is 0 Å². The van der Waals surface area contributed by atoms with Crippen molar-refractivity contribution in [1.29, 1.82) is 0 Å². The molecule has 0 unspecified atom stereocenters. The van der Waals surface area contributed by atoms with Crippen molar-refractivity contribution in [2.45, 2.75) is 110 Å². The number of carbonyl (C=O) groups excluding carboxylic acids is 1. The number of aliphatic hydroxyl groups excluding tert-OH is 1. The third kappa shape index (κ3) is 9.93. The summed E-state index contributed by atoms with van der Waals surface area (Å²) in [4.78, 5) is 11.2. The molecule has 2 heterocycles. The molecule has 0 spiro atoms. The maximum atomic E-state index is 11.2. The van der Waals surface area contributed by atoms with Gasteiger partial charge in [0, 0.05) is 34.1 Å². The van der Waals surface area contributed by atoms with E-state index in [-0.39, 0.29) is 67.9 Å². The zero-order valence-corrected chi connectivity index (χ0v) is 19.2. The summed E-state index contributed by atoms with van der Waals surface area (Å²) in [5.41, 5.74) is -0.861. The first-order chi connectivity index (χ1) is 9.62. The molecule has 6 heteroatoms. The van der Waals surface area contributed by atoms with Crippen LogP contribution < -0.4 is 29.6 Å². The van der Waals surface area contributed by atoms with Crippen LogP contribution in [0.15, 0.2) is 0 Å². The molecule has 0 saturated carbocycles. The second-order valence-corrected chi connectivity index (χ2v) is 9.20. The quantitative estimate of drug-likeness (QED) is 0.643. The minimum Gasteiger partial charge on any atom is -1.00 e. The van der Waals surface area contributed by atoms with Crippen LogP contribution in [0.25, 0.3) is 0 Å². The number of ketones is 1. The van der Waals surface area contributed by atoms with Crippen LogP contribution in [0.5, 0.6) is 0 Å². The van der Waals surface area contributed by atoms with E-state index in [4.69, 9.17) is 9.47 Å². The van der Waals surface area contributed by atoms with Crippen molar-refractivity contribution in [2.75, 3.05) is 0 Å². The minimum atomic E-state index is -0.265. The minimum absolute atomic E-state index is 0. The summed E-state index contributed by atoms with van der Waals surface area (Å²) in [6.45, 7) is 16.0. The molecule has 2 rings (SSSR count). The Labute approximate surface area is 173 Å². The smallest absolute Gasteiger partial charge is 1.00 e. The van der Waals surface area contributed by atoms with Crippen molar-refractivity contribution < 1.29 is 50.4 Å². The molecule has 1 N–H and O–H groups in total. The van der Waals surface area contributed by atoms with Gasteiger partial charge in [0.15, 0.2) is 0 Å². The largest absolute Gasteiger partial charge is 1.00 e. The number of carbonyl (C=O) groups is 1. The zero-order valence-electron chi connectivity index (χ0n) is 18.2. The van der Waals surface area contributed by atoms with Crippen LogP contribution in [-0.4, -0.2) is 47.8 Å². The first-order valence-corrected chi connectivity index (χ1v) is 8.22. The van der Waals surface area contributed by atoms with Gasteiger partial charge in [-0.3, -0.25) is 4.79 Å². The Hall–Kier alpha value is 0.615. The fourth-order valence-corrected chi connectivity index (χ4v) is 3.87. The predicted molar refractivity (Wildman–Crippen MR) is 94.8 cm³/mol. The molecule has 0 aromatic carbocycles. The van der Waals surface area contributed by atoms with E-state index >= 15 is 0 Å². The molecular formula is C18H35BNaO4. The van der Waals surface area contributed by atoms with Gasteiger partial charge in [0.1, 0.15) is 5.78 Å². The van der Waals surface area contributed by atoms with Crippen molar-refractivity contribution in [3.8, 4) is 0 Å². The van der Waals surface area contributed by atoms with Crippen LogP contribution in [0, 0.1) is 0 Å². The number of aliphatic hydroxyl groups is 1. The topological polar surface area (TPSA) is 55.8 Å². The number of rotatable bonds is 0. The molecule has 0 aromatic heterocycles. The Morgan fingerprint density at radius 1 is 0.833 bits per heavy atom. The Morgan fingerprint density at radius 2 is 1.12 bits per heavy atom. The summed E-state index contributed by atoms with van der Waals surface area (Å²) in [5, 5.41) is 9.50. The molecule has 2 saturated heterocycles. The van der Waals surface area contributed by atoms with Crippen LogP contribution >= 0.6 is 0 Å². The molecule has 3 radical (unpaired) electrons. The van der Waals surface area contributed by atoms with Crippen LogP contribution in [0.4, 0.5) is 0 Å². The molecule has 4 nitrogen and oxygen atoms in total. The first-order valence-electron chi connectivity index (χ1n) is 8.22. The normalized spacial score (nSPS) is 27.0. The SMILES string of the molecule is CC1(C)CC(=O)CC(C)(C)O1.CC1(C)CC(O)CC(C)(C)O1.[B].[H-].[Na+]. The van der Waals surface area contributed by atoms with Gasteiger partial charge in [-0.15, -0.1) is 0 Å².